The third-order valence-corrected chi connectivity index (χ3v) is 4.10. The first-order valence-electron chi connectivity index (χ1n) is 5.61. The summed E-state index contributed by atoms with van der Waals surface area (Å²) in [6, 6.07) is 10.4. The van der Waals surface area contributed by atoms with Crippen molar-refractivity contribution in [2.45, 2.75) is 25.5 Å². The highest BCUT2D eigenvalue weighted by Crippen LogP contribution is 2.09. The minimum Gasteiger partial charge on any atom is -0.297 e. The Labute approximate surface area is 98.6 Å². The first-order valence-corrected chi connectivity index (χ1v) is 7.09. The third kappa shape index (κ3) is 3.70. The van der Waals surface area contributed by atoms with Gasteiger partial charge in [-0.05, 0) is 18.4 Å². The molecule has 0 unspecified atom stereocenters. The predicted octanol–water partition coefficient (Wildman–Crippen LogP) is 1.62. The fourth-order valence-corrected chi connectivity index (χ4v) is 3.03. The van der Waals surface area contributed by atoms with Crippen LogP contribution in [0, 0.1) is 0 Å². The summed E-state index contributed by atoms with van der Waals surface area (Å²) in [5.41, 5.74) is 4.22. The lowest BCUT2D eigenvalue weighted by molar-refractivity contribution is 0.00165. The third-order valence-electron chi connectivity index (χ3n) is 2.72. The molecular formula is C12H17NO2S. The zero-order valence-electron chi connectivity index (χ0n) is 9.22. The molecule has 0 spiro atoms. The van der Waals surface area contributed by atoms with Crippen molar-refractivity contribution >= 4 is 10.8 Å². The van der Waals surface area contributed by atoms with Crippen molar-refractivity contribution in [2.24, 2.45) is 0 Å². The highest BCUT2D eigenvalue weighted by Gasteiger charge is 2.17. The number of nitrogens with one attached hydrogen (secondary N) is 1. The van der Waals surface area contributed by atoms with E-state index in [-0.39, 0.29) is 0 Å². The standard InChI is InChI=1S/C12H17NO2S/c14-16-8-6-12(7-9-16)13-15-10-11-4-2-1-3-5-11/h1-5,12-13H,6-10H2. The van der Waals surface area contributed by atoms with Crippen LogP contribution < -0.4 is 5.48 Å². The summed E-state index contributed by atoms with van der Waals surface area (Å²) in [5.74, 6) is 1.60. The highest BCUT2D eigenvalue weighted by molar-refractivity contribution is 7.85. The molecule has 0 saturated carbocycles. The molecule has 1 N–H and O–H groups in total. The molecule has 0 amide bonds. The molecule has 3 nitrogen and oxygen atoms in total. The van der Waals surface area contributed by atoms with Gasteiger partial charge in [-0.2, -0.15) is 5.48 Å². The van der Waals surface area contributed by atoms with Crippen LogP contribution in [-0.2, 0) is 22.2 Å². The smallest absolute Gasteiger partial charge is 0.0933 e. The Hall–Kier alpha value is -0.710. The highest BCUT2D eigenvalue weighted by atomic mass is 32.2. The predicted molar refractivity (Wildman–Crippen MR) is 65.3 cm³/mol. The lowest BCUT2D eigenvalue weighted by Gasteiger charge is -2.22. The summed E-state index contributed by atoms with van der Waals surface area (Å²) in [5, 5.41) is 0. The maximum Gasteiger partial charge on any atom is 0.0933 e. The van der Waals surface area contributed by atoms with Crippen molar-refractivity contribution < 1.29 is 9.05 Å². The minimum absolute atomic E-state index is 0.362. The van der Waals surface area contributed by atoms with Crippen LogP contribution in [0.2, 0.25) is 0 Å². The molecule has 0 radical (unpaired) electrons. The molecule has 0 bridgehead atoms. The van der Waals surface area contributed by atoms with Gasteiger partial charge in [-0.3, -0.25) is 9.05 Å². The Kier molecular flexibility index (Phi) is 4.51. The van der Waals surface area contributed by atoms with Crippen molar-refractivity contribution in [2.75, 3.05) is 11.5 Å². The largest absolute Gasteiger partial charge is 0.297 e. The summed E-state index contributed by atoms with van der Waals surface area (Å²) in [7, 11) is -0.598. The van der Waals surface area contributed by atoms with Crippen LogP contribution in [0.5, 0.6) is 0 Å². The van der Waals surface area contributed by atoms with E-state index in [4.69, 9.17) is 4.84 Å². The minimum atomic E-state index is -0.598. The number of hydrogen-bond donors (Lipinski definition) is 1. The summed E-state index contributed by atoms with van der Waals surface area (Å²) in [4.78, 5) is 5.45. The summed E-state index contributed by atoms with van der Waals surface area (Å²) < 4.78 is 11.1. The summed E-state index contributed by atoms with van der Waals surface area (Å²) in [6.07, 6.45) is 1.89. The van der Waals surface area contributed by atoms with Gasteiger partial charge in [-0.15, -0.1) is 0 Å². The number of hydroxylamine groups is 1. The van der Waals surface area contributed by atoms with Gasteiger partial charge >= 0.3 is 0 Å². The monoisotopic (exact) mass is 239 g/mol. The number of rotatable bonds is 4. The second-order valence-electron chi connectivity index (χ2n) is 4.01. The Morgan fingerprint density at radius 1 is 1.25 bits per heavy atom. The Bertz CT molecular complexity index is 332. The van der Waals surface area contributed by atoms with Crippen molar-refractivity contribution in [1.29, 1.82) is 0 Å². The van der Waals surface area contributed by atoms with Crippen LogP contribution in [0.1, 0.15) is 18.4 Å². The van der Waals surface area contributed by atoms with Gasteiger partial charge in [0, 0.05) is 28.3 Å². The van der Waals surface area contributed by atoms with Crippen LogP contribution >= 0.6 is 0 Å². The van der Waals surface area contributed by atoms with E-state index in [0.29, 0.717) is 12.6 Å². The molecule has 1 saturated heterocycles. The van der Waals surface area contributed by atoms with Crippen LogP contribution in [0.4, 0.5) is 0 Å². The molecule has 0 aromatic heterocycles. The molecular weight excluding hydrogens is 222 g/mol. The Balaban J connectivity index is 1.67. The van der Waals surface area contributed by atoms with Gasteiger partial charge < -0.3 is 0 Å². The molecule has 0 atom stereocenters. The normalized spacial score (nSPS) is 25.5. The van der Waals surface area contributed by atoms with Crippen molar-refractivity contribution in [3.63, 3.8) is 0 Å². The number of benzene rings is 1. The average molecular weight is 239 g/mol. The van der Waals surface area contributed by atoms with Gasteiger partial charge in [-0.25, -0.2) is 0 Å². The maximum absolute atomic E-state index is 11.1. The molecule has 1 heterocycles. The maximum atomic E-state index is 11.1. The van der Waals surface area contributed by atoms with Gasteiger partial charge in [0.15, 0.2) is 0 Å². The molecule has 1 fully saturated rings. The summed E-state index contributed by atoms with van der Waals surface area (Å²) >= 11 is 0. The molecule has 2 rings (SSSR count). The topological polar surface area (TPSA) is 38.3 Å². The second-order valence-corrected chi connectivity index (χ2v) is 5.71. The lowest BCUT2D eigenvalue weighted by Crippen LogP contribution is -2.35. The van der Waals surface area contributed by atoms with E-state index in [1.54, 1.807) is 0 Å². The molecule has 0 aliphatic carbocycles. The van der Waals surface area contributed by atoms with Crippen molar-refractivity contribution in [3.8, 4) is 0 Å². The van der Waals surface area contributed by atoms with Gasteiger partial charge in [0.1, 0.15) is 0 Å². The van der Waals surface area contributed by atoms with Gasteiger partial charge in [0.05, 0.1) is 6.61 Å². The van der Waals surface area contributed by atoms with Gasteiger partial charge in [0.2, 0.25) is 0 Å². The molecule has 1 aromatic carbocycles. The lowest BCUT2D eigenvalue weighted by atomic mass is 10.2. The van der Waals surface area contributed by atoms with Crippen LogP contribution in [-0.4, -0.2) is 21.8 Å². The molecule has 16 heavy (non-hydrogen) atoms. The van der Waals surface area contributed by atoms with Crippen LogP contribution in [0.3, 0.4) is 0 Å². The number of hydrogen-bond acceptors (Lipinski definition) is 3. The average Bonchev–Trinajstić information content (AvgIpc) is 2.33. The van der Waals surface area contributed by atoms with Crippen LogP contribution in [0.15, 0.2) is 30.3 Å². The first kappa shape index (κ1) is 11.8. The van der Waals surface area contributed by atoms with E-state index < -0.39 is 10.8 Å². The second kappa shape index (κ2) is 6.13. The van der Waals surface area contributed by atoms with E-state index >= 15 is 0 Å². The molecule has 1 aliphatic heterocycles. The Morgan fingerprint density at radius 3 is 2.62 bits per heavy atom. The molecule has 4 heteroatoms. The first-order chi connectivity index (χ1) is 7.84. The van der Waals surface area contributed by atoms with E-state index in [2.05, 4.69) is 5.48 Å². The Morgan fingerprint density at radius 2 is 1.94 bits per heavy atom. The van der Waals surface area contributed by atoms with E-state index in [9.17, 15) is 4.21 Å². The van der Waals surface area contributed by atoms with E-state index in [1.807, 2.05) is 30.3 Å². The quantitative estimate of drug-likeness (QED) is 0.811. The van der Waals surface area contributed by atoms with E-state index in [0.717, 1.165) is 29.9 Å². The molecule has 1 aliphatic rings. The van der Waals surface area contributed by atoms with Crippen molar-refractivity contribution in [1.82, 2.24) is 5.48 Å². The van der Waals surface area contributed by atoms with Gasteiger partial charge in [0.25, 0.3) is 0 Å². The van der Waals surface area contributed by atoms with E-state index in [1.165, 1.54) is 0 Å². The molecule has 88 valence electrons. The fourth-order valence-electron chi connectivity index (χ4n) is 1.73. The van der Waals surface area contributed by atoms with Crippen LogP contribution in [0.25, 0.3) is 0 Å². The zero-order valence-corrected chi connectivity index (χ0v) is 10.0. The fraction of sp³-hybridized carbons (Fsp3) is 0.500. The zero-order chi connectivity index (χ0) is 11.2. The molecule has 1 aromatic rings. The van der Waals surface area contributed by atoms with Gasteiger partial charge in [-0.1, -0.05) is 30.3 Å². The SMILES string of the molecule is O=S1CCC(NOCc2ccccc2)CC1. The van der Waals surface area contributed by atoms with Crippen molar-refractivity contribution in [3.05, 3.63) is 35.9 Å². The summed E-state index contributed by atoms with van der Waals surface area (Å²) in [6.45, 7) is 0.584.